The van der Waals surface area contributed by atoms with Crippen molar-refractivity contribution in [3.63, 3.8) is 0 Å². The van der Waals surface area contributed by atoms with Crippen LogP contribution in [0.2, 0.25) is 0 Å². The summed E-state index contributed by atoms with van der Waals surface area (Å²) in [6.45, 7) is 10.2. The van der Waals surface area contributed by atoms with Gasteiger partial charge in [0.1, 0.15) is 11.5 Å². The minimum absolute atomic E-state index is 0.0156. The molecule has 0 radical (unpaired) electrons. The molecule has 2 saturated heterocycles. The van der Waals surface area contributed by atoms with Gasteiger partial charge in [0.05, 0.1) is 5.41 Å². The number of benzene rings is 1. The zero-order chi connectivity index (χ0) is 22.0. The van der Waals surface area contributed by atoms with E-state index in [1.54, 1.807) is 11.8 Å². The maximum atomic E-state index is 13.8. The lowest BCUT2D eigenvalue weighted by Gasteiger charge is -2.40. The van der Waals surface area contributed by atoms with Crippen molar-refractivity contribution in [1.82, 2.24) is 19.9 Å². The van der Waals surface area contributed by atoms with Crippen LogP contribution in [0.5, 0.6) is 0 Å². The molecule has 2 aromatic rings. The van der Waals surface area contributed by atoms with Crippen molar-refractivity contribution in [3.05, 3.63) is 42.2 Å². The molecule has 7 nitrogen and oxygen atoms in total. The van der Waals surface area contributed by atoms with Gasteiger partial charge in [-0.1, -0.05) is 35.5 Å². The molecule has 0 N–H and O–H groups in total. The topological polar surface area (TPSA) is 69.9 Å². The van der Waals surface area contributed by atoms with Crippen molar-refractivity contribution in [3.8, 4) is 11.3 Å². The second-order valence-corrected chi connectivity index (χ2v) is 9.11. The first-order chi connectivity index (χ1) is 14.9. The molecule has 2 fully saturated rings. The summed E-state index contributed by atoms with van der Waals surface area (Å²) in [7, 11) is 0. The Morgan fingerprint density at radius 2 is 1.77 bits per heavy atom. The van der Waals surface area contributed by atoms with Gasteiger partial charge in [-0.2, -0.15) is 0 Å². The smallest absolute Gasteiger partial charge is 0.231 e. The quantitative estimate of drug-likeness (QED) is 0.738. The fraction of sp³-hybridized carbons (Fsp3) is 0.542. The van der Waals surface area contributed by atoms with Crippen LogP contribution in [-0.4, -0.2) is 77.0 Å². The highest BCUT2D eigenvalue weighted by molar-refractivity contribution is 5.85. The van der Waals surface area contributed by atoms with Crippen LogP contribution in [0.1, 0.15) is 33.0 Å². The van der Waals surface area contributed by atoms with Crippen LogP contribution in [-0.2, 0) is 16.0 Å². The molecule has 1 aromatic heterocycles. The number of carbonyl (C=O) groups is 2. The van der Waals surface area contributed by atoms with Gasteiger partial charge in [0, 0.05) is 70.3 Å². The van der Waals surface area contributed by atoms with Crippen LogP contribution < -0.4 is 0 Å². The van der Waals surface area contributed by atoms with Crippen molar-refractivity contribution in [2.75, 3.05) is 39.3 Å². The number of carbonyl (C=O) groups excluding carboxylic acids is 2. The second kappa shape index (κ2) is 8.83. The summed E-state index contributed by atoms with van der Waals surface area (Å²) < 4.78 is 5.66. The van der Waals surface area contributed by atoms with Gasteiger partial charge in [0.2, 0.25) is 11.8 Å². The van der Waals surface area contributed by atoms with E-state index in [4.69, 9.17) is 4.52 Å². The number of rotatable bonds is 5. The summed E-state index contributed by atoms with van der Waals surface area (Å²) in [5.41, 5.74) is 1.10. The highest BCUT2D eigenvalue weighted by Crippen LogP contribution is 2.37. The maximum absolute atomic E-state index is 13.8. The minimum Gasteiger partial charge on any atom is -0.361 e. The van der Waals surface area contributed by atoms with E-state index < -0.39 is 5.41 Å². The first-order valence-corrected chi connectivity index (χ1v) is 11.2. The van der Waals surface area contributed by atoms with E-state index in [2.05, 4.69) is 23.9 Å². The van der Waals surface area contributed by atoms with Crippen LogP contribution >= 0.6 is 0 Å². The molecule has 3 heterocycles. The van der Waals surface area contributed by atoms with Gasteiger partial charge >= 0.3 is 0 Å². The molecule has 1 aromatic carbocycles. The lowest BCUT2D eigenvalue weighted by atomic mass is 9.80. The average Bonchev–Trinajstić information content (AvgIpc) is 3.42. The Labute approximate surface area is 184 Å². The number of aromatic nitrogens is 1. The molecule has 166 valence electrons. The van der Waals surface area contributed by atoms with E-state index in [0.29, 0.717) is 37.7 Å². The molecular formula is C24H32N4O3. The molecule has 2 aliphatic rings. The fourth-order valence-electron chi connectivity index (χ4n) is 4.79. The van der Waals surface area contributed by atoms with Crippen LogP contribution in [0.25, 0.3) is 11.3 Å². The third-order valence-electron chi connectivity index (χ3n) is 6.73. The molecule has 1 unspecified atom stereocenters. The van der Waals surface area contributed by atoms with Gasteiger partial charge in [-0.3, -0.25) is 14.5 Å². The first-order valence-electron chi connectivity index (χ1n) is 11.2. The SMILES string of the molecule is CC(=O)N1CCC(Cc2cc(-c3ccccc3)no2)(C(=O)N2CCN(C(C)C)CC2)C1. The predicted octanol–water partition coefficient (Wildman–Crippen LogP) is 2.68. The van der Waals surface area contributed by atoms with E-state index in [0.717, 1.165) is 37.4 Å². The first kappa shape index (κ1) is 21.6. The normalized spacial score (nSPS) is 22.3. The molecule has 0 spiro atoms. The predicted molar refractivity (Wildman–Crippen MR) is 118 cm³/mol. The van der Waals surface area contributed by atoms with Gasteiger partial charge in [0.25, 0.3) is 0 Å². The fourth-order valence-corrected chi connectivity index (χ4v) is 4.79. The molecular weight excluding hydrogens is 392 g/mol. The second-order valence-electron chi connectivity index (χ2n) is 9.11. The summed E-state index contributed by atoms with van der Waals surface area (Å²) in [5, 5.41) is 4.23. The summed E-state index contributed by atoms with van der Waals surface area (Å²) in [6, 6.07) is 12.3. The molecule has 0 aliphatic carbocycles. The Balaban J connectivity index is 1.54. The van der Waals surface area contributed by atoms with E-state index >= 15 is 0 Å². The molecule has 7 heteroatoms. The van der Waals surface area contributed by atoms with E-state index in [1.807, 2.05) is 41.3 Å². The Kier molecular flexibility index (Phi) is 6.14. The number of nitrogens with zero attached hydrogens (tertiary/aromatic N) is 4. The molecule has 2 amide bonds. The largest absolute Gasteiger partial charge is 0.361 e. The third-order valence-corrected chi connectivity index (χ3v) is 6.73. The van der Waals surface area contributed by atoms with Crippen molar-refractivity contribution in [2.45, 2.75) is 39.7 Å². The Morgan fingerprint density at radius 1 is 1.06 bits per heavy atom. The summed E-state index contributed by atoms with van der Waals surface area (Å²) >= 11 is 0. The summed E-state index contributed by atoms with van der Waals surface area (Å²) in [4.78, 5) is 32.0. The zero-order valence-electron chi connectivity index (χ0n) is 18.7. The van der Waals surface area contributed by atoms with Gasteiger partial charge in [-0.05, 0) is 20.3 Å². The van der Waals surface area contributed by atoms with Gasteiger partial charge in [-0.15, -0.1) is 0 Å². The maximum Gasteiger partial charge on any atom is 0.231 e. The summed E-state index contributed by atoms with van der Waals surface area (Å²) in [5.74, 6) is 0.845. The Bertz CT molecular complexity index is 918. The van der Waals surface area contributed by atoms with Crippen molar-refractivity contribution in [2.24, 2.45) is 5.41 Å². The standard InChI is InChI=1S/C24H32N4O3/c1-18(2)26-11-13-27(14-12-26)23(30)24(9-10-28(17-24)19(3)29)16-21-15-22(25-31-21)20-7-5-4-6-8-20/h4-8,15,18H,9-14,16-17H2,1-3H3. The molecule has 2 aliphatic heterocycles. The summed E-state index contributed by atoms with van der Waals surface area (Å²) in [6.07, 6.45) is 1.11. The lowest BCUT2D eigenvalue weighted by molar-refractivity contribution is -0.144. The van der Waals surface area contributed by atoms with Gasteiger partial charge in [0.15, 0.2) is 0 Å². The molecule has 31 heavy (non-hydrogen) atoms. The van der Waals surface area contributed by atoms with Crippen LogP contribution in [0.3, 0.4) is 0 Å². The number of likely N-dealkylation sites (tertiary alicyclic amines) is 1. The monoisotopic (exact) mass is 424 g/mol. The molecule has 0 bridgehead atoms. The number of piperazine rings is 1. The van der Waals surface area contributed by atoms with Crippen molar-refractivity contribution in [1.29, 1.82) is 0 Å². The molecule has 0 saturated carbocycles. The Morgan fingerprint density at radius 3 is 2.39 bits per heavy atom. The highest BCUT2D eigenvalue weighted by Gasteiger charge is 2.48. The van der Waals surface area contributed by atoms with Crippen molar-refractivity contribution < 1.29 is 14.1 Å². The van der Waals surface area contributed by atoms with Gasteiger partial charge in [-0.25, -0.2) is 0 Å². The van der Waals surface area contributed by atoms with E-state index in [9.17, 15) is 9.59 Å². The van der Waals surface area contributed by atoms with E-state index in [1.165, 1.54) is 0 Å². The van der Waals surface area contributed by atoms with Crippen LogP contribution in [0, 0.1) is 5.41 Å². The third kappa shape index (κ3) is 4.51. The minimum atomic E-state index is -0.654. The highest BCUT2D eigenvalue weighted by atomic mass is 16.5. The number of hydrogen-bond acceptors (Lipinski definition) is 5. The van der Waals surface area contributed by atoms with E-state index in [-0.39, 0.29) is 11.8 Å². The molecule has 4 rings (SSSR count). The zero-order valence-corrected chi connectivity index (χ0v) is 18.7. The number of amides is 2. The van der Waals surface area contributed by atoms with Crippen LogP contribution in [0.4, 0.5) is 0 Å². The van der Waals surface area contributed by atoms with Crippen molar-refractivity contribution >= 4 is 11.8 Å². The average molecular weight is 425 g/mol. The van der Waals surface area contributed by atoms with Crippen LogP contribution in [0.15, 0.2) is 40.9 Å². The molecule has 1 atom stereocenters. The number of hydrogen-bond donors (Lipinski definition) is 0. The van der Waals surface area contributed by atoms with Gasteiger partial charge < -0.3 is 14.3 Å². The Hall–Kier alpha value is -2.67. The lowest BCUT2D eigenvalue weighted by Crippen LogP contribution is -2.55.